The van der Waals surface area contributed by atoms with E-state index >= 15 is 0 Å². The zero-order chi connectivity index (χ0) is 15.9. The maximum Gasteiger partial charge on any atom is 0.260 e. The Labute approximate surface area is 125 Å². The van der Waals surface area contributed by atoms with Crippen molar-refractivity contribution in [3.8, 4) is 0 Å². The number of sulfonamides is 1. The van der Waals surface area contributed by atoms with Gasteiger partial charge in [0.2, 0.25) is 0 Å². The average molecular weight is 314 g/mol. The van der Waals surface area contributed by atoms with Gasteiger partial charge in [-0.05, 0) is 39.3 Å². The van der Waals surface area contributed by atoms with Crippen molar-refractivity contribution in [3.63, 3.8) is 0 Å². The van der Waals surface area contributed by atoms with E-state index in [1.807, 2.05) is 27.7 Å². The number of rotatable bonds is 3. The zero-order valence-corrected chi connectivity index (χ0v) is 13.6. The van der Waals surface area contributed by atoms with Crippen molar-refractivity contribution in [2.45, 2.75) is 50.5 Å². The quantitative estimate of drug-likeness (QED) is 0.905. The third-order valence-electron chi connectivity index (χ3n) is 3.25. The molecular weight excluding hydrogens is 292 g/mol. The molecule has 0 bridgehead atoms. The summed E-state index contributed by atoms with van der Waals surface area (Å²) < 4.78 is 32.7. The lowest BCUT2D eigenvalue weighted by Crippen LogP contribution is -2.58. The van der Waals surface area contributed by atoms with Crippen LogP contribution in [0.25, 0.3) is 0 Å². The van der Waals surface area contributed by atoms with Crippen LogP contribution >= 0.6 is 0 Å². The standard InChI is InChI=1S/C14H22N2O4S/c1-13(2)9-16(10-14(3,4)20-13)21(18,19)12-6-5-11(8-17)7-15-12/h5-7,17H,8-10H2,1-4H3. The average Bonchev–Trinajstić information content (AvgIpc) is 2.35. The number of hydrogen-bond donors (Lipinski definition) is 1. The summed E-state index contributed by atoms with van der Waals surface area (Å²) in [5, 5.41) is 8.99. The molecule has 1 aliphatic heterocycles. The minimum Gasteiger partial charge on any atom is -0.392 e. The summed E-state index contributed by atoms with van der Waals surface area (Å²) in [6.45, 7) is 7.89. The van der Waals surface area contributed by atoms with Gasteiger partial charge in [0.1, 0.15) is 0 Å². The van der Waals surface area contributed by atoms with E-state index in [1.54, 1.807) is 6.07 Å². The van der Waals surface area contributed by atoms with Crippen molar-refractivity contribution >= 4 is 10.0 Å². The molecule has 1 aromatic rings. The Kier molecular flexibility index (Phi) is 4.14. The van der Waals surface area contributed by atoms with Gasteiger partial charge < -0.3 is 9.84 Å². The SMILES string of the molecule is CC1(C)CN(S(=O)(=O)c2ccc(CO)cn2)CC(C)(C)O1. The number of nitrogens with zero attached hydrogens (tertiary/aromatic N) is 2. The number of morpholine rings is 1. The Morgan fingerprint density at radius 3 is 2.24 bits per heavy atom. The molecule has 2 rings (SSSR count). The lowest BCUT2D eigenvalue weighted by Gasteiger charge is -2.46. The smallest absolute Gasteiger partial charge is 0.260 e. The fourth-order valence-corrected chi connectivity index (χ4v) is 4.33. The molecule has 1 aromatic heterocycles. The molecule has 1 fully saturated rings. The highest BCUT2D eigenvalue weighted by Gasteiger charge is 2.43. The van der Waals surface area contributed by atoms with Gasteiger partial charge in [0.15, 0.2) is 5.03 Å². The van der Waals surface area contributed by atoms with Crippen molar-refractivity contribution in [3.05, 3.63) is 23.9 Å². The predicted octanol–water partition coefficient (Wildman–Crippen LogP) is 1.15. The van der Waals surface area contributed by atoms with Crippen LogP contribution in [0.2, 0.25) is 0 Å². The van der Waals surface area contributed by atoms with E-state index < -0.39 is 21.2 Å². The fraction of sp³-hybridized carbons (Fsp3) is 0.643. The minimum absolute atomic E-state index is 0.00630. The van der Waals surface area contributed by atoms with Crippen molar-refractivity contribution in [2.75, 3.05) is 13.1 Å². The largest absolute Gasteiger partial charge is 0.392 e. The Morgan fingerprint density at radius 1 is 1.24 bits per heavy atom. The van der Waals surface area contributed by atoms with Crippen molar-refractivity contribution in [1.29, 1.82) is 0 Å². The Morgan fingerprint density at radius 2 is 1.81 bits per heavy atom. The third kappa shape index (κ3) is 3.60. The monoisotopic (exact) mass is 314 g/mol. The number of ether oxygens (including phenoxy) is 1. The summed E-state index contributed by atoms with van der Waals surface area (Å²) in [6, 6.07) is 2.99. The summed E-state index contributed by atoms with van der Waals surface area (Å²) in [5.74, 6) is 0. The molecule has 2 heterocycles. The van der Waals surface area contributed by atoms with E-state index in [1.165, 1.54) is 16.6 Å². The molecule has 7 heteroatoms. The molecule has 0 saturated carbocycles. The molecule has 21 heavy (non-hydrogen) atoms. The second-order valence-electron chi connectivity index (χ2n) is 6.56. The first kappa shape index (κ1) is 16.4. The Hall–Kier alpha value is -1.02. The normalized spacial score (nSPS) is 22.1. The van der Waals surface area contributed by atoms with Crippen LogP contribution in [0.5, 0.6) is 0 Å². The molecule has 0 unspecified atom stereocenters. The molecule has 0 aliphatic carbocycles. The molecule has 0 aromatic carbocycles. The Bertz CT molecular complexity index is 592. The van der Waals surface area contributed by atoms with Gasteiger partial charge in [-0.1, -0.05) is 6.07 Å². The maximum atomic E-state index is 12.7. The van der Waals surface area contributed by atoms with Crippen LogP contribution in [-0.2, 0) is 21.4 Å². The van der Waals surface area contributed by atoms with Crippen molar-refractivity contribution in [2.24, 2.45) is 0 Å². The first-order valence-corrected chi connectivity index (χ1v) is 8.26. The maximum absolute atomic E-state index is 12.7. The van der Waals surface area contributed by atoms with Gasteiger partial charge in [-0.15, -0.1) is 0 Å². The number of hydrogen-bond acceptors (Lipinski definition) is 5. The van der Waals surface area contributed by atoms with Gasteiger partial charge in [-0.25, -0.2) is 13.4 Å². The lowest BCUT2D eigenvalue weighted by molar-refractivity contribution is -0.163. The molecule has 0 atom stereocenters. The summed E-state index contributed by atoms with van der Waals surface area (Å²) in [7, 11) is -3.67. The molecular formula is C14H22N2O4S. The molecule has 6 nitrogen and oxygen atoms in total. The third-order valence-corrected chi connectivity index (χ3v) is 4.96. The Balaban J connectivity index is 2.33. The first-order chi connectivity index (χ1) is 9.56. The van der Waals surface area contributed by atoms with Crippen LogP contribution < -0.4 is 0 Å². The highest BCUT2D eigenvalue weighted by molar-refractivity contribution is 7.89. The number of aromatic nitrogens is 1. The summed E-state index contributed by atoms with van der Waals surface area (Å²) in [5.41, 5.74) is -0.531. The van der Waals surface area contributed by atoms with E-state index in [-0.39, 0.29) is 24.7 Å². The fourth-order valence-electron chi connectivity index (χ4n) is 2.68. The summed E-state index contributed by atoms with van der Waals surface area (Å²) in [4.78, 5) is 3.96. The second kappa shape index (κ2) is 5.31. The minimum atomic E-state index is -3.67. The lowest BCUT2D eigenvalue weighted by atomic mass is 10.0. The van der Waals surface area contributed by atoms with E-state index in [0.29, 0.717) is 5.56 Å². The van der Waals surface area contributed by atoms with Gasteiger partial charge >= 0.3 is 0 Å². The summed E-state index contributed by atoms with van der Waals surface area (Å²) in [6.07, 6.45) is 1.38. The van der Waals surface area contributed by atoms with Crippen LogP contribution in [-0.4, -0.2) is 47.1 Å². The van der Waals surface area contributed by atoms with Gasteiger partial charge in [-0.2, -0.15) is 4.31 Å². The van der Waals surface area contributed by atoms with Crippen LogP contribution in [0.1, 0.15) is 33.3 Å². The van der Waals surface area contributed by atoms with Crippen LogP contribution in [0.4, 0.5) is 0 Å². The molecule has 0 spiro atoms. The van der Waals surface area contributed by atoms with Crippen molar-refractivity contribution in [1.82, 2.24) is 9.29 Å². The highest BCUT2D eigenvalue weighted by Crippen LogP contribution is 2.31. The van der Waals surface area contributed by atoms with Crippen LogP contribution in [0, 0.1) is 0 Å². The number of pyridine rings is 1. The second-order valence-corrected chi connectivity index (χ2v) is 8.44. The van der Waals surface area contributed by atoms with Gasteiger partial charge in [-0.3, -0.25) is 0 Å². The highest BCUT2D eigenvalue weighted by atomic mass is 32.2. The summed E-state index contributed by atoms with van der Waals surface area (Å²) >= 11 is 0. The number of aliphatic hydroxyl groups is 1. The predicted molar refractivity (Wildman–Crippen MR) is 78.2 cm³/mol. The van der Waals surface area contributed by atoms with Gasteiger partial charge in [0.05, 0.1) is 17.8 Å². The molecule has 0 amide bonds. The first-order valence-electron chi connectivity index (χ1n) is 6.82. The van der Waals surface area contributed by atoms with E-state index in [4.69, 9.17) is 9.84 Å². The van der Waals surface area contributed by atoms with Gasteiger partial charge in [0.25, 0.3) is 10.0 Å². The van der Waals surface area contributed by atoms with Crippen LogP contribution in [0.3, 0.4) is 0 Å². The molecule has 1 aliphatic rings. The molecule has 1 N–H and O–H groups in total. The van der Waals surface area contributed by atoms with E-state index in [0.717, 1.165) is 0 Å². The topological polar surface area (TPSA) is 79.7 Å². The van der Waals surface area contributed by atoms with E-state index in [2.05, 4.69) is 4.98 Å². The molecule has 0 radical (unpaired) electrons. The molecule has 1 saturated heterocycles. The van der Waals surface area contributed by atoms with E-state index in [9.17, 15) is 8.42 Å². The van der Waals surface area contributed by atoms with Crippen molar-refractivity contribution < 1.29 is 18.3 Å². The van der Waals surface area contributed by atoms with Gasteiger partial charge in [0, 0.05) is 19.3 Å². The number of aliphatic hydroxyl groups excluding tert-OH is 1. The zero-order valence-electron chi connectivity index (χ0n) is 12.8. The molecule has 118 valence electrons. The van der Waals surface area contributed by atoms with Crippen LogP contribution in [0.15, 0.2) is 23.4 Å².